The number of likely N-dealkylation sites (tertiary alicyclic amines) is 1. The fraction of sp³-hybridized carbons (Fsp3) is 0.579. The number of ether oxygens (including phenoxy) is 1. The van der Waals surface area contributed by atoms with Crippen molar-refractivity contribution in [2.24, 2.45) is 11.8 Å². The van der Waals surface area contributed by atoms with E-state index < -0.39 is 12.5 Å². The molecule has 154 valence electrons. The Morgan fingerprint density at radius 2 is 1.86 bits per heavy atom. The standard InChI is InChI=1S/C19H23F3N2O4/c20-19(21,22)28-15-7-5-12(6-8-15)16(25)10-23-17(26)14-2-1-9-24(11-14)18(27)13-3-4-13/h5-8,13-14,16,25H,1-4,9-11H2,(H,23,26). The summed E-state index contributed by atoms with van der Waals surface area (Å²) < 4.78 is 40.3. The predicted molar refractivity (Wildman–Crippen MR) is 93.1 cm³/mol. The van der Waals surface area contributed by atoms with Crippen molar-refractivity contribution in [3.63, 3.8) is 0 Å². The number of alkyl halides is 3. The highest BCUT2D eigenvalue weighted by molar-refractivity contribution is 5.83. The first-order valence-corrected chi connectivity index (χ1v) is 9.33. The summed E-state index contributed by atoms with van der Waals surface area (Å²) in [4.78, 5) is 26.3. The van der Waals surface area contributed by atoms with Gasteiger partial charge in [0.2, 0.25) is 11.8 Å². The minimum Gasteiger partial charge on any atom is -0.406 e. The van der Waals surface area contributed by atoms with E-state index in [0.29, 0.717) is 25.1 Å². The van der Waals surface area contributed by atoms with E-state index in [1.807, 2.05) is 0 Å². The molecular weight excluding hydrogens is 377 g/mol. The van der Waals surface area contributed by atoms with Crippen LogP contribution in [0.1, 0.15) is 37.4 Å². The maximum atomic E-state index is 12.4. The average Bonchev–Trinajstić information content (AvgIpc) is 3.50. The molecule has 3 rings (SSSR count). The Balaban J connectivity index is 1.47. The summed E-state index contributed by atoms with van der Waals surface area (Å²) in [5.74, 6) is -0.683. The summed E-state index contributed by atoms with van der Waals surface area (Å²) in [6.45, 7) is 1.00. The number of carbonyl (C=O) groups excluding carboxylic acids is 2. The predicted octanol–water partition coefficient (Wildman–Crippen LogP) is 2.38. The van der Waals surface area contributed by atoms with Crippen LogP contribution in [-0.4, -0.2) is 47.8 Å². The van der Waals surface area contributed by atoms with E-state index in [2.05, 4.69) is 10.1 Å². The largest absolute Gasteiger partial charge is 0.573 e. The van der Waals surface area contributed by atoms with Gasteiger partial charge in [0.1, 0.15) is 5.75 Å². The number of hydrogen-bond acceptors (Lipinski definition) is 4. The number of halogens is 3. The quantitative estimate of drug-likeness (QED) is 0.769. The summed E-state index contributed by atoms with van der Waals surface area (Å²) in [6.07, 6.45) is -2.55. The number of carbonyl (C=O) groups is 2. The molecule has 1 aliphatic carbocycles. The summed E-state index contributed by atoms with van der Waals surface area (Å²) in [5.41, 5.74) is 0.365. The molecule has 0 spiro atoms. The van der Waals surface area contributed by atoms with Gasteiger partial charge in [-0.15, -0.1) is 13.2 Å². The Morgan fingerprint density at radius 1 is 1.18 bits per heavy atom. The van der Waals surface area contributed by atoms with Crippen LogP contribution in [0.5, 0.6) is 5.75 Å². The second-order valence-corrected chi connectivity index (χ2v) is 7.28. The molecule has 6 nitrogen and oxygen atoms in total. The molecule has 0 bridgehead atoms. The minimum atomic E-state index is -4.77. The summed E-state index contributed by atoms with van der Waals surface area (Å²) in [7, 11) is 0. The van der Waals surface area contributed by atoms with E-state index in [4.69, 9.17) is 0 Å². The Bertz CT molecular complexity index is 704. The molecule has 1 saturated carbocycles. The Labute approximate surface area is 160 Å². The zero-order valence-electron chi connectivity index (χ0n) is 15.2. The van der Waals surface area contributed by atoms with Crippen molar-refractivity contribution in [3.8, 4) is 5.75 Å². The lowest BCUT2D eigenvalue weighted by molar-refractivity contribution is -0.274. The molecule has 0 radical (unpaired) electrons. The van der Waals surface area contributed by atoms with Gasteiger partial charge < -0.3 is 20.1 Å². The molecule has 1 saturated heterocycles. The van der Waals surface area contributed by atoms with Crippen molar-refractivity contribution < 1.29 is 32.6 Å². The first-order chi connectivity index (χ1) is 13.2. The van der Waals surface area contributed by atoms with Crippen LogP contribution in [-0.2, 0) is 9.59 Å². The number of hydrogen-bond donors (Lipinski definition) is 2. The van der Waals surface area contributed by atoms with E-state index in [1.54, 1.807) is 4.90 Å². The van der Waals surface area contributed by atoms with Crippen molar-refractivity contribution in [2.45, 2.75) is 38.1 Å². The Morgan fingerprint density at radius 3 is 2.46 bits per heavy atom. The maximum absolute atomic E-state index is 12.4. The van der Waals surface area contributed by atoms with E-state index >= 15 is 0 Å². The molecule has 2 unspecified atom stereocenters. The van der Waals surface area contributed by atoms with Crippen molar-refractivity contribution in [1.29, 1.82) is 0 Å². The fourth-order valence-corrected chi connectivity index (χ4v) is 3.33. The topological polar surface area (TPSA) is 78.9 Å². The molecule has 1 aromatic rings. The van der Waals surface area contributed by atoms with Gasteiger partial charge >= 0.3 is 6.36 Å². The number of amides is 2. The number of rotatable bonds is 6. The molecular formula is C19H23F3N2O4. The number of aliphatic hydroxyl groups excluding tert-OH is 1. The van der Waals surface area contributed by atoms with E-state index in [0.717, 1.165) is 31.4 Å². The number of piperidine rings is 1. The van der Waals surface area contributed by atoms with Gasteiger partial charge in [-0.05, 0) is 43.4 Å². The molecule has 28 heavy (non-hydrogen) atoms. The summed E-state index contributed by atoms with van der Waals surface area (Å²) in [6, 6.07) is 4.84. The smallest absolute Gasteiger partial charge is 0.406 e. The molecule has 1 heterocycles. The fourth-order valence-electron chi connectivity index (χ4n) is 3.33. The van der Waals surface area contributed by atoms with E-state index in [9.17, 15) is 27.9 Å². The van der Waals surface area contributed by atoms with Gasteiger partial charge in [0.25, 0.3) is 0 Å². The average molecular weight is 400 g/mol. The second-order valence-electron chi connectivity index (χ2n) is 7.28. The zero-order chi connectivity index (χ0) is 20.3. The van der Waals surface area contributed by atoms with Crippen LogP contribution in [0.3, 0.4) is 0 Å². The van der Waals surface area contributed by atoms with Gasteiger partial charge in [-0.1, -0.05) is 12.1 Å². The van der Waals surface area contributed by atoms with Crippen molar-refractivity contribution in [1.82, 2.24) is 10.2 Å². The van der Waals surface area contributed by atoms with Gasteiger partial charge in [0.05, 0.1) is 12.0 Å². The van der Waals surface area contributed by atoms with Crippen LogP contribution in [0.2, 0.25) is 0 Å². The zero-order valence-corrected chi connectivity index (χ0v) is 15.2. The van der Waals surface area contributed by atoms with Crippen LogP contribution < -0.4 is 10.1 Å². The van der Waals surface area contributed by atoms with Crippen LogP contribution in [0.4, 0.5) is 13.2 Å². The first-order valence-electron chi connectivity index (χ1n) is 9.33. The number of nitrogens with zero attached hydrogens (tertiary/aromatic N) is 1. The third-order valence-corrected chi connectivity index (χ3v) is 5.00. The molecule has 2 amide bonds. The monoisotopic (exact) mass is 400 g/mol. The third kappa shape index (κ3) is 5.60. The van der Waals surface area contributed by atoms with Gasteiger partial charge in [0, 0.05) is 25.6 Å². The van der Waals surface area contributed by atoms with Crippen LogP contribution in [0.25, 0.3) is 0 Å². The van der Waals surface area contributed by atoms with Gasteiger partial charge in [0.15, 0.2) is 0 Å². The summed E-state index contributed by atoms with van der Waals surface area (Å²) >= 11 is 0. The van der Waals surface area contributed by atoms with E-state index in [1.165, 1.54) is 12.1 Å². The highest BCUT2D eigenvalue weighted by Gasteiger charge is 2.36. The highest BCUT2D eigenvalue weighted by atomic mass is 19.4. The van der Waals surface area contributed by atoms with Gasteiger partial charge in [-0.2, -0.15) is 0 Å². The lowest BCUT2D eigenvalue weighted by atomic mass is 9.96. The molecule has 1 aliphatic heterocycles. The lowest BCUT2D eigenvalue weighted by Gasteiger charge is -2.32. The number of nitrogens with one attached hydrogen (secondary N) is 1. The van der Waals surface area contributed by atoms with Crippen LogP contribution >= 0.6 is 0 Å². The second kappa shape index (κ2) is 8.38. The maximum Gasteiger partial charge on any atom is 0.573 e. The Kier molecular flexibility index (Phi) is 6.12. The molecule has 2 fully saturated rings. The molecule has 2 N–H and O–H groups in total. The molecule has 2 aliphatic rings. The lowest BCUT2D eigenvalue weighted by Crippen LogP contribution is -2.46. The van der Waals surface area contributed by atoms with Crippen LogP contribution in [0.15, 0.2) is 24.3 Å². The van der Waals surface area contributed by atoms with E-state index in [-0.39, 0.29) is 35.9 Å². The van der Waals surface area contributed by atoms with Crippen molar-refractivity contribution in [3.05, 3.63) is 29.8 Å². The number of aliphatic hydroxyl groups is 1. The normalized spacial score (nSPS) is 21.1. The van der Waals surface area contributed by atoms with Gasteiger partial charge in [-0.3, -0.25) is 9.59 Å². The molecule has 2 atom stereocenters. The SMILES string of the molecule is O=C(NCC(O)c1ccc(OC(F)(F)F)cc1)C1CCCN(C(=O)C2CC2)C1. The third-order valence-electron chi connectivity index (χ3n) is 5.00. The number of benzene rings is 1. The minimum absolute atomic E-state index is 0.0641. The van der Waals surface area contributed by atoms with Gasteiger partial charge in [-0.25, -0.2) is 0 Å². The highest BCUT2D eigenvalue weighted by Crippen LogP contribution is 2.32. The Hall–Kier alpha value is -2.29. The molecule has 0 aromatic heterocycles. The van der Waals surface area contributed by atoms with Crippen molar-refractivity contribution >= 4 is 11.8 Å². The summed E-state index contributed by atoms with van der Waals surface area (Å²) in [5, 5.41) is 12.8. The first kappa shape index (κ1) is 20.4. The van der Waals surface area contributed by atoms with Crippen LogP contribution in [0, 0.1) is 11.8 Å². The molecule has 9 heteroatoms. The molecule has 1 aromatic carbocycles. The van der Waals surface area contributed by atoms with Crippen molar-refractivity contribution in [2.75, 3.05) is 19.6 Å².